The minimum Gasteiger partial charge on any atom is -0.383 e. The molecule has 17 heavy (non-hydrogen) atoms. The van der Waals surface area contributed by atoms with E-state index in [-0.39, 0.29) is 0 Å². The maximum Gasteiger partial charge on any atom is 0.115 e. The highest BCUT2D eigenvalue weighted by Gasteiger charge is 2.17. The summed E-state index contributed by atoms with van der Waals surface area (Å²) in [5, 5.41) is 11.3. The van der Waals surface area contributed by atoms with E-state index in [1.54, 1.807) is 29.5 Å². The standard InChI is InChI=1S/C12H9BrCl2OS/c1-6-9(13)5-11(17-6)12(16)8-3-2-7(14)4-10(8)15/h2-5,12,16H,1H3. The van der Waals surface area contributed by atoms with Crippen LogP contribution in [0.3, 0.4) is 0 Å². The van der Waals surface area contributed by atoms with Crippen molar-refractivity contribution in [2.75, 3.05) is 0 Å². The van der Waals surface area contributed by atoms with Gasteiger partial charge in [0, 0.05) is 29.8 Å². The first-order valence-corrected chi connectivity index (χ1v) is 7.24. The van der Waals surface area contributed by atoms with Crippen LogP contribution in [0.2, 0.25) is 10.0 Å². The largest absolute Gasteiger partial charge is 0.383 e. The van der Waals surface area contributed by atoms with Crippen LogP contribution in [0.15, 0.2) is 28.7 Å². The van der Waals surface area contributed by atoms with Crippen molar-refractivity contribution in [2.45, 2.75) is 13.0 Å². The molecule has 0 fully saturated rings. The van der Waals surface area contributed by atoms with E-state index in [1.807, 2.05) is 13.0 Å². The number of aryl methyl sites for hydroxylation is 1. The van der Waals surface area contributed by atoms with Crippen molar-refractivity contribution < 1.29 is 5.11 Å². The molecular weight excluding hydrogens is 343 g/mol. The lowest BCUT2D eigenvalue weighted by Crippen LogP contribution is -1.97. The van der Waals surface area contributed by atoms with Crippen LogP contribution in [0.5, 0.6) is 0 Å². The second-order valence-electron chi connectivity index (χ2n) is 3.62. The van der Waals surface area contributed by atoms with E-state index in [1.165, 1.54) is 0 Å². The minimum absolute atomic E-state index is 0.479. The maximum absolute atomic E-state index is 10.3. The summed E-state index contributed by atoms with van der Waals surface area (Å²) in [5.74, 6) is 0. The molecule has 2 rings (SSSR count). The number of benzene rings is 1. The smallest absolute Gasteiger partial charge is 0.115 e. The van der Waals surface area contributed by atoms with Gasteiger partial charge in [-0.15, -0.1) is 11.3 Å². The summed E-state index contributed by atoms with van der Waals surface area (Å²) in [6.45, 7) is 1.99. The normalized spacial score (nSPS) is 12.8. The summed E-state index contributed by atoms with van der Waals surface area (Å²) in [5.41, 5.74) is 0.671. The summed E-state index contributed by atoms with van der Waals surface area (Å²) >= 11 is 16.9. The molecule has 90 valence electrons. The van der Waals surface area contributed by atoms with Crippen molar-refractivity contribution in [1.29, 1.82) is 0 Å². The van der Waals surface area contributed by atoms with Gasteiger partial charge in [0.15, 0.2) is 0 Å². The molecule has 1 heterocycles. The lowest BCUT2D eigenvalue weighted by Gasteiger charge is -2.11. The van der Waals surface area contributed by atoms with Crippen LogP contribution in [0.25, 0.3) is 0 Å². The second-order valence-corrected chi connectivity index (χ2v) is 6.61. The van der Waals surface area contributed by atoms with Crippen LogP contribution in [0, 0.1) is 6.92 Å². The van der Waals surface area contributed by atoms with Gasteiger partial charge in [0.1, 0.15) is 6.10 Å². The molecule has 0 saturated heterocycles. The fourth-order valence-electron chi connectivity index (χ4n) is 1.49. The average molecular weight is 352 g/mol. The van der Waals surface area contributed by atoms with Gasteiger partial charge >= 0.3 is 0 Å². The Labute approximate surface area is 122 Å². The zero-order valence-corrected chi connectivity index (χ0v) is 12.8. The molecule has 1 atom stereocenters. The number of hydrogen-bond acceptors (Lipinski definition) is 2. The molecule has 1 aromatic heterocycles. The predicted molar refractivity (Wildman–Crippen MR) is 77.3 cm³/mol. The Balaban J connectivity index is 2.39. The van der Waals surface area contributed by atoms with Crippen molar-refractivity contribution in [1.82, 2.24) is 0 Å². The van der Waals surface area contributed by atoms with E-state index in [2.05, 4.69) is 15.9 Å². The van der Waals surface area contributed by atoms with Crippen LogP contribution in [0.4, 0.5) is 0 Å². The van der Waals surface area contributed by atoms with Crippen LogP contribution >= 0.6 is 50.5 Å². The first kappa shape index (κ1) is 13.4. The van der Waals surface area contributed by atoms with E-state index >= 15 is 0 Å². The van der Waals surface area contributed by atoms with Crippen LogP contribution in [0.1, 0.15) is 21.4 Å². The Morgan fingerprint density at radius 2 is 2.00 bits per heavy atom. The van der Waals surface area contributed by atoms with Crippen LogP contribution in [-0.4, -0.2) is 5.11 Å². The van der Waals surface area contributed by atoms with Crippen molar-refractivity contribution in [3.63, 3.8) is 0 Å². The highest BCUT2D eigenvalue weighted by atomic mass is 79.9. The van der Waals surface area contributed by atoms with Crippen LogP contribution < -0.4 is 0 Å². The second kappa shape index (κ2) is 5.29. The number of rotatable bonds is 2. The molecule has 1 unspecified atom stereocenters. The summed E-state index contributed by atoms with van der Waals surface area (Å²) in [6.07, 6.45) is -0.713. The van der Waals surface area contributed by atoms with E-state index in [4.69, 9.17) is 23.2 Å². The molecule has 0 spiro atoms. The molecule has 1 N–H and O–H groups in total. The fourth-order valence-corrected chi connectivity index (χ4v) is 3.57. The maximum atomic E-state index is 10.3. The first-order chi connectivity index (χ1) is 7.99. The number of halogens is 3. The quantitative estimate of drug-likeness (QED) is 0.787. The highest BCUT2D eigenvalue weighted by molar-refractivity contribution is 9.10. The van der Waals surface area contributed by atoms with Crippen molar-refractivity contribution in [3.8, 4) is 0 Å². The Hall–Kier alpha value is -0.0600. The molecule has 0 aliphatic rings. The van der Waals surface area contributed by atoms with E-state index in [0.29, 0.717) is 15.6 Å². The molecule has 0 radical (unpaired) electrons. The van der Waals surface area contributed by atoms with Crippen LogP contribution in [-0.2, 0) is 0 Å². The van der Waals surface area contributed by atoms with Gasteiger partial charge in [0.2, 0.25) is 0 Å². The molecule has 5 heteroatoms. The monoisotopic (exact) mass is 350 g/mol. The lowest BCUT2D eigenvalue weighted by atomic mass is 10.1. The summed E-state index contributed by atoms with van der Waals surface area (Å²) in [7, 11) is 0. The lowest BCUT2D eigenvalue weighted by molar-refractivity contribution is 0.224. The zero-order valence-electron chi connectivity index (χ0n) is 8.88. The fraction of sp³-hybridized carbons (Fsp3) is 0.167. The molecule has 0 aliphatic heterocycles. The first-order valence-electron chi connectivity index (χ1n) is 4.88. The predicted octanol–water partition coefficient (Wildman–Crippen LogP) is 5.21. The molecule has 0 aliphatic carbocycles. The number of hydrogen-bond donors (Lipinski definition) is 1. The van der Waals surface area contributed by atoms with Gasteiger partial charge in [-0.05, 0) is 41.1 Å². The Bertz CT molecular complexity index is 534. The van der Waals surface area contributed by atoms with Gasteiger partial charge in [-0.2, -0.15) is 0 Å². The average Bonchev–Trinajstić information content (AvgIpc) is 2.58. The molecule has 0 amide bonds. The molecule has 1 aromatic carbocycles. The zero-order chi connectivity index (χ0) is 12.6. The number of aliphatic hydroxyl groups is 1. The summed E-state index contributed by atoms with van der Waals surface area (Å²) < 4.78 is 1.00. The van der Waals surface area contributed by atoms with Crippen molar-refractivity contribution in [3.05, 3.63) is 54.1 Å². The van der Waals surface area contributed by atoms with Gasteiger partial charge in [0.25, 0.3) is 0 Å². The Kier molecular flexibility index (Phi) is 4.16. The summed E-state index contributed by atoms with van der Waals surface area (Å²) in [6, 6.07) is 7.02. The van der Waals surface area contributed by atoms with Crippen molar-refractivity contribution >= 4 is 50.5 Å². The number of aliphatic hydroxyl groups excluding tert-OH is 1. The number of thiophene rings is 1. The van der Waals surface area contributed by atoms with E-state index in [9.17, 15) is 5.11 Å². The van der Waals surface area contributed by atoms with Gasteiger partial charge in [-0.1, -0.05) is 29.3 Å². The third kappa shape index (κ3) is 2.85. The van der Waals surface area contributed by atoms with E-state index in [0.717, 1.165) is 14.2 Å². The third-order valence-electron chi connectivity index (χ3n) is 2.40. The minimum atomic E-state index is -0.713. The Morgan fingerprint density at radius 3 is 2.53 bits per heavy atom. The van der Waals surface area contributed by atoms with Crippen molar-refractivity contribution in [2.24, 2.45) is 0 Å². The van der Waals surface area contributed by atoms with Gasteiger partial charge in [-0.3, -0.25) is 0 Å². The van der Waals surface area contributed by atoms with Gasteiger partial charge in [0.05, 0.1) is 0 Å². The van der Waals surface area contributed by atoms with Gasteiger partial charge in [-0.25, -0.2) is 0 Å². The molecule has 2 aromatic rings. The summed E-state index contributed by atoms with van der Waals surface area (Å²) in [4.78, 5) is 1.99. The topological polar surface area (TPSA) is 20.2 Å². The molecule has 0 saturated carbocycles. The van der Waals surface area contributed by atoms with Gasteiger partial charge < -0.3 is 5.11 Å². The molecule has 0 bridgehead atoms. The molecule has 1 nitrogen and oxygen atoms in total. The van der Waals surface area contributed by atoms with E-state index < -0.39 is 6.10 Å². The third-order valence-corrected chi connectivity index (χ3v) is 5.15. The SMILES string of the molecule is Cc1sc(C(O)c2ccc(Cl)cc2Cl)cc1Br. The Morgan fingerprint density at radius 1 is 1.29 bits per heavy atom. The highest BCUT2D eigenvalue weighted by Crippen LogP contribution is 2.36. The molecular formula is C12H9BrCl2OS.